The average Bonchev–Trinajstić information content (AvgIpc) is 2.66. The van der Waals surface area contributed by atoms with E-state index in [1.807, 2.05) is 6.07 Å². The highest BCUT2D eigenvalue weighted by molar-refractivity contribution is 8.00. The topological polar surface area (TPSA) is 79.2 Å². The summed E-state index contributed by atoms with van der Waals surface area (Å²) in [4.78, 5) is 24.8. The van der Waals surface area contributed by atoms with E-state index in [2.05, 4.69) is 11.4 Å². The van der Waals surface area contributed by atoms with Gasteiger partial charge in [0.1, 0.15) is 5.25 Å². The Hall–Kier alpha value is -2.78. The lowest BCUT2D eigenvalue weighted by Crippen LogP contribution is -2.24. The van der Waals surface area contributed by atoms with Crippen LogP contribution in [0.1, 0.15) is 28.4 Å². The number of rotatable bonds is 6. The number of hydrogen-bond acceptors (Lipinski definition) is 5. The third kappa shape index (κ3) is 5.10. The Morgan fingerprint density at radius 1 is 1.20 bits per heavy atom. The van der Waals surface area contributed by atoms with E-state index < -0.39 is 5.25 Å². The molecule has 25 heavy (non-hydrogen) atoms. The number of carbonyl (C=O) groups excluding carboxylic acids is 2. The van der Waals surface area contributed by atoms with Crippen LogP contribution in [0.5, 0.6) is 0 Å². The minimum atomic E-state index is -0.405. The number of carbonyl (C=O) groups is 2. The standard InChI is InChI=1S/C19H18N2O3S/c1-13(19(23)24-2)25-17-6-4-3-5-16(17)18(22)21-12-15-9-7-14(11-20)8-10-15/h3-10,13H,12H2,1-2H3,(H,21,22). The predicted octanol–water partition coefficient (Wildman–Crippen LogP) is 3.14. The molecule has 0 aliphatic rings. The van der Waals surface area contributed by atoms with Gasteiger partial charge in [0.25, 0.3) is 5.91 Å². The molecule has 0 bridgehead atoms. The van der Waals surface area contributed by atoms with Gasteiger partial charge in [0.05, 0.1) is 24.3 Å². The van der Waals surface area contributed by atoms with Crippen molar-refractivity contribution in [3.05, 3.63) is 65.2 Å². The summed E-state index contributed by atoms with van der Waals surface area (Å²) in [5, 5.41) is 11.3. The van der Waals surface area contributed by atoms with E-state index in [4.69, 9.17) is 10.00 Å². The number of nitrogens with zero attached hydrogens (tertiary/aromatic N) is 1. The molecule has 0 radical (unpaired) electrons. The average molecular weight is 354 g/mol. The molecule has 1 N–H and O–H groups in total. The van der Waals surface area contributed by atoms with Gasteiger partial charge >= 0.3 is 5.97 Å². The molecular formula is C19H18N2O3S. The van der Waals surface area contributed by atoms with Crippen LogP contribution in [0.25, 0.3) is 0 Å². The van der Waals surface area contributed by atoms with Gasteiger partial charge in [-0.05, 0) is 36.8 Å². The molecule has 6 heteroatoms. The van der Waals surface area contributed by atoms with E-state index in [9.17, 15) is 9.59 Å². The third-order valence-corrected chi connectivity index (χ3v) is 4.66. The SMILES string of the molecule is COC(=O)C(C)Sc1ccccc1C(=O)NCc1ccc(C#N)cc1. The Kier molecular flexibility index (Phi) is 6.61. The normalized spacial score (nSPS) is 11.2. The fourth-order valence-corrected chi connectivity index (χ4v) is 3.15. The van der Waals surface area contributed by atoms with Crippen LogP contribution in [0.15, 0.2) is 53.4 Å². The minimum absolute atomic E-state index is 0.218. The van der Waals surface area contributed by atoms with E-state index in [1.165, 1.54) is 18.9 Å². The van der Waals surface area contributed by atoms with E-state index in [-0.39, 0.29) is 11.9 Å². The quantitative estimate of drug-likeness (QED) is 0.637. The van der Waals surface area contributed by atoms with Gasteiger partial charge in [-0.3, -0.25) is 9.59 Å². The van der Waals surface area contributed by atoms with Crippen molar-refractivity contribution in [1.29, 1.82) is 5.26 Å². The van der Waals surface area contributed by atoms with Crippen LogP contribution in [0, 0.1) is 11.3 Å². The number of thioether (sulfide) groups is 1. The van der Waals surface area contributed by atoms with Crippen LogP contribution in [0.4, 0.5) is 0 Å². The van der Waals surface area contributed by atoms with Crippen LogP contribution in [0.3, 0.4) is 0 Å². The van der Waals surface area contributed by atoms with Crippen LogP contribution in [0.2, 0.25) is 0 Å². The summed E-state index contributed by atoms with van der Waals surface area (Å²) >= 11 is 1.29. The molecule has 0 fully saturated rings. The Balaban J connectivity index is 2.06. The summed E-state index contributed by atoms with van der Waals surface area (Å²) in [6, 6.07) is 16.2. The molecule has 0 aliphatic heterocycles. The van der Waals surface area contributed by atoms with Gasteiger partial charge in [0, 0.05) is 11.4 Å². The molecular weight excluding hydrogens is 336 g/mol. The summed E-state index contributed by atoms with van der Waals surface area (Å²) < 4.78 is 4.73. The van der Waals surface area contributed by atoms with Crippen molar-refractivity contribution in [1.82, 2.24) is 5.32 Å². The van der Waals surface area contributed by atoms with Gasteiger partial charge in [0.2, 0.25) is 0 Å². The predicted molar refractivity (Wildman–Crippen MR) is 96.1 cm³/mol. The van der Waals surface area contributed by atoms with E-state index in [0.29, 0.717) is 17.7 Å². The second kappa shape index (κ2) is 8.90. The number of ether oxygens (including phenoxy) is 1. The van der Waals surface area contributed by atoms with Gasteiger partial charge < -0.3 is 10.1 Å². The molecule has 1 amide bonds. The number of nitrogens with one attached hydrogen (secondary N) is 1. The van der Waals surface area contributed by atoms with Crippen LogP contribution in [-0.4, -0.2) is 24.2 Å². The van der Waals surface area contributed by atoms with Crippen LogP contribution >= 0.6 is 11.8 Å². The van der Waals surface area contributed by atoms with Gasteiger partial charge in [-0.25, -0.2) is 0 Å². The zero-order chi connectivity index (χ0) is 18.2. The van der Waals surface area contributed by atoms with Crippen molar-refractivity contribution >= 4 is 23.6 Å². The number of benzene rings is 2. The summed E-state index contributed by atoms with van der Waals surface area (Å²) in [5.74, 6) is -0.553. The first-order valence-electron chi connectivity index (χ1n) is 7.66. The second-order valence-electron chi connectivity index (χ2n) is 5.27. The summed E-state index contributed by atoms with van der Waals surface area (Å²) in [5.41, 5.74) is 1.99. The van der Waals surface area contributed by atoms with Crippen molar-refractivity contribution in [3.63, 3.8) is 0 Å². The Morgan fingerprint density at radius 3 is 2.52 bits per heavy atom. The van der Waals surface area contributed by atoms with Gasteiger partial charge in [0.15, 0.2) is 0 Å². The molecule has 0 aromatic heterocycles. The van der Waals surface area contributed by atoms with Crippen LogP contribution in [-0.2, 0) is 16.1 Å². The summed E-state index contributed by atoms with van der Waals surface area (Å²) in [6.07, 6.45) is 0. The summed E-state index contributed by atoms with van der Waals surface area (Å²) in [6.45, 7) is 2.10. The smallest absolute Gasteiger partial charge is 0.318 e. The summed E-state index contributed by atoms with van der Waals surface area (Å²) in [7, 11) is 1.34. The zero-order valence-electron chi connectivity index (χ0n) is 14.0. The Labute approximate surface area is 151 Å². The van der Waals surface area contributed by atoms with Crippen molar-refractivity contribution < 1.29 is 14.3 Å². The second-order valence-corrected chi connectivity index (χ2v) is 6.65. The molecule has 2 aromatic carbocycles. The molecule has 0 saturated heterocycles. The zero-order valence-corrected chi connectivity index (χ0v) is 14.8. The first-order valence-corrected chi connectivity index (χ1v) is 8.54. The third-order valence-electron chi connectivity index (χ3n) is 3.50. The molecule has 2 aromatic rings. The van der Waals surface area contributed by atoms with Crippen molar-refractivity contribution in [2.75, 3.05) is 7.11 Å². The minimum Gasteiger partial charge on any atom is -0.468 e. The molecule has 128 valence electrons. The lowest BCUT2D eigenvalue weighted by atomic mass is 10.1. The molecule has 1 atom stereocenters. The van der Waals surface area contributed by atoms with Crippen molar-refractivity contribution in [2.24, 2.45) is 0 Å². The largest absolute Gasteiger partial charge is 0.468 e. The van der Waals surface area contributed by atoms with Gasteiger partial charge in [-0.15, -0.1) is 11.8 Å². The molecule has 1 unspecified atom stereocenters. The van der Waals surface area contributed by atoms with Crippen molar-refractivity contribution in [3.8, 4) is 6.07 Å². The molecule has 0 aliphatic carbocycles. The van der Waals surface area contributed by atoms with Crippen LogP contribution < -0.4 is 5.32 Å². The fourth-order valence-electron chi connectivity index (χ4n) is 2.14. The monoisotopic (exact) mass is 354 g/mol. The first-order chi connectivity index (χ1) is 12.0. The van der Waals surface area contributed by atoms with Gasteiger partial charge in [-0.2, -0.15) is 5.26 Å². The van der Waals surface area contributed by atoms with E-state index >= 15 is 0 Å². The van der Waals surface area contributed by atoms with Gasteiger partial charge in [-0.1, -0.05) is 24.3 Å². The first kappa shape index (κ1) is 18.6. The molecule has 0 spiro atoms. The highest BCUT2D eigenvalue weighted by atomic mass is 32.2. The molecule has 2 rings (SSSR count). The Bertz CT molecular complexity index is 797. The number of hydrogen-bond donors (Lipinski definition) is 1. The lowest BCUT2D eigenvalue weighted by Gasteiger charge is -2.13. The Morgan fingerprint density at radius 2 is 1.88 bits per heavy atom. The fraction of sp³-hybridized carbons (Fsp3) is 0.211. The number of amides is 1. The lowest BCUT2D eigenvalue weighted by molar-refractivity contribution is -0.139. The van der Waals surface area contributed by atoms with Crippen molar-refractivity contribution in [2.45, 2.75) is 23.6 Å². The number of nitriles is 1. The number of esters is 1. The molecule has 0 heterocycles. The number of methoxy groups -OCH3 is 1. The molecule has 0 saturated carbocycles. The highest BCUT2D eigenvalue weighted by Gasteiger charge is 2.18. The maximum absolute atomic E-state index is 12.5. The maximum Gasteiger partial charge on any atom is 0.318 e. The highest BCUT2D eigenvalue weighted by Crippen LogP contribution is 2.27. The van der Waals surface area contributed by atoms with E-state index in [1.54, 1.807) is 49.4 Å². The maximum atomic E-state index is 12.5. The van der Waals surface area contributed by atoms with E-state index in [0.717, 1.165) is 10.5 Å². The molecule has 5 nitrogen and oxygen atoms in total.